The molecule has 0 radical (unpaired) electrons. The van der Waals surface area contributed by atoms with Crippen LogP contribution in [0.1, 0.15) is 18.9 Å². The number of hydrogen-bond donors (Lipinski definition) is 2. The molecule has 1 aromatic rings. The minimum Gasteiger partial charge on any atom is -0.357 e. The van der Waals surface area contributed by atoms with E-state index in [1.807, 2.05) is 0 Å². The number of terminal acetylenes is 1. The molecule has 2 N–H and O–H groups in total. The molecule has 1 fully saturated rings. The Morgan fingerprint density at radius 2 is 1.84 bits per heavy atom. The van der Waals surface area contributed by atoms with Crippen molar-refractivity contribution in [2.75, 3.05) is 52.4 Å². The molecule has 0 bridgehead atoms. The second kappa shape index (κ2) is 11.5. The fraction of sp³-hybridized carbons (Fsp3) is 0.550. The van der Waals surface area contributed by atoms with Crippen LogP contribution < -0.4 is 10.6 Å². The molecular formula is C20H31N5. The first-order valence-corrected chi connectivity index (χ1v) is 9.26. The van der Waals surface area contributed by atoms with E-state index < -0.39 is 0 Å². The summed E-state index contributed by atoms with van der Waals surface area (Å²) in [5.74, 6) is 3.39. The number of aliphatic imine (C=N–C) groups is 1. The van der Waals surface area contributed by atoms with Crippen LogP contribution in [0.25, 0.3) is 0 Å². The zero-order chi connectivity index (χ0) is 17.7. The van der Waals surface area contributed by atoms with Crippen LogP contribution in [0.3, 0.4) is 0 Å². The molecular weight excluding hydrogens is 310 g/mol. The molecule has 136 valence electrons. The Morgan fingerprint density at radius 3 is 2.52 bits per heavy atom. The Kier molecular flexibility index (Phi) is 8.89. The van der Waals surface area contributed by atoms with Crippen LogP contribution in [0.2, 0.25) is 0 Å². The van der Waals surface area contributed by atoms with E-state index in [9.17, 15) is 0 Å². The zero-order valence-electron chi connectivity index (χ0n) is 15.4. The van der Waals surface area contributed by atoms with Gasteiger partial charge in [-0.2, -0.15) is 0 Å². The Bertz CT molecular complexity index is 541. The highest BCUT2D eigenvalue weighted by atomic mass is 15.3. The molecule has 0 aliphatic carbocycles. The molecule has 0 atom stereocenters. The van der Waals surface area contributed by atoms with Gasteiger partial charge in [-0.05, 0) is 18.9 Å². The SMILES string of the molecule is C#CCNC(=NCCCN1CCN(Cc2ccccc2)CC1)NCC. The summed E-state index contributed by atoms with van der Waals surface area (Å²) in [6.07, 6.45) is 6.35. The van der Waals surface area contributed by atoms with Gasteiger partial charge in [0.2, 0.25) is 0 Å². The lowest BCUT2D eigenvalue weighted by atomic mass is 10.2. The molecule has 1 saturated heterocycles. The lowest BCUT2D eigenvalue weighted by molar-refractivity contribution is 0.127. The van der Waals surface area contributed by atoms with Crippen molar-refractivity contribution in [1.29, 1.82) is 0 Å². The average Bonchev–Trinajstić information content (AvgIpc) is 2.65. The Morgan fingerprint density at radius 1 is 1.12 bits per heavy atom. The average molecular weight is 342 g/mol. The minimum atomic E-state index is 0.509. The van der Waals surface area contributed by atoms with Crippen LogP contribution in [-0.2, 0) is 6.54 Å². The lowest BCUT2D eigenvalue weighted by Crippen LogP contribution is -2.46. The molecule has 0 unspecified atom stereocenters. The summed E-state index contributed by atoms with van der Waals surface area (Å²) in [5.41, 5.74) is 1.40. The summed E-state index contributed by atoms with van der Waals surface area (Å²) in [6.45, 7) is 11.0. The normalized spacial score (nSPS) is 16.4. The van der Waals surface area contributed by atoms with Gasteiger partial charge in [0, 0.05) is 52.4 Å². The Labute approximate surface area is 152 Å². The number of piperazine rings is 1. The number of hydrogen-bond acceptors (Lipinski definition) is 3. The van der Waals surface area contributed by atoms with E-state index in [4.69, 9.17) is 6.42 Å². The van der Waals surface area contributed by atoms with Gasteiger partial charge in [0.05, 0.1) is 6.54 Å². The fourth-order valence-corrected chi connectivity index (χ4v) is 2.97. The third-order valence-corrected chi connectivity index (χ3v) is 4.32. The van der Waals surface area contributed by atoms with Crippen LogP contribution in [0, 0.1) is 12.3 Å². The van der Waals surface area contributed by atoms with Crippen LogP contribution in [0.5, 0.6) is 0 Å². The summed E-state index contributed by atoms with van der Waals surface area (Å²) < 4.78 is 0. The zero-order valence-corrected chi connectivity index (χ0v) is 15.4. The number of nitrogens with zero attached hydrogens (tertiary/aromatic N) is 3. The van der Waals surface area contributed by atoms with Crippen LogP contribution in [-0.4, -0.2) is 68.1 Å². The molecule has 0 saturated carbocycles. The van der Waals surface area contributed by atoms with Gasteiger partial charge < -0.3 is 15.5 Å². The maximum Gasteiger partial charge on any atom is 0.192 e. The van der Waals surface area contributed by atoms with Crippen molar-refractivity contribution >= 4 is 5.96 Å². The summed E-state index contributed by atoms with van der Waals surface area (Å²) in [5, 5.41) is 6.33. The third-order valence-electron chi connectivity index (χ3n) is 4.32. The van der Waals surface area contributed by atoms with Gasteiger partial charge in [-0.1, -0.05) is 36.3 Å². The van der Waals surface area contributed by atoms with Crippen molar-refractivity contribution in [3.05, 3.63) is 35.9 Å². The summed E-state index contributed by atoms with van der Waals surface area (Å²) >= 11 is 0. The van der Waals surface area contributed by atoms with E-state index in [0.717, 1.165) is 64.7 Å². The maximum atomic E-state index is 5.28. The van der Waals surface area contributed by atoms with E-state index in [-0.39, 0.29) is 0 Å². The number of benzene rings is 1. The quantitative estimate of drug-likeness (QED) is 0.324. The molecule has 0 aromatic heterocycles. The van der Waals surface area contributed by atoms with Crippen molar-refractivity contribution < 1.29 is 0 Å². The smallest absolute Gasteiger partial charge is 0.192 e. The van der Waals surface area contributed by atoms with E-state index in [0.29, 0.717) is 6.54 Å². The van der Waals surface area contributed by atoms with E-state index in [1.54, 1.807) is 0 Å². The van der Waals surface area contributed by atoms with Crippen LogP contribution in [0.4, 0.5) is 0 Å². The van der Waals surface area contributed by atoms with Crippen molar-refractivity contribution in [3.8, 4) is 12.3 Å². The van der Waals surface area contributed by atoms with Gasteiger partial charge in [0.15, 0.2) is 5.96 Å². The van der Waals surface area contributed by atoms with Crippen molar-refractivity contribution in [2.24, 2.45) is 4.99 Å². The fourth-order valence-electron chi connectivity index (χ4n) is 2.97. The third kappa shape index (κ3) is 7.59. The van der Waals surface area contributed by atoms with Gasteiger partial charge in [0.1, 0.15) is 0 Å². The minimum absolute atomic E-state index is 0.509. The number of guanidine groups is 1. The van der Waals surface area contributed by atoms with Gasteiger partial charge in [0.25, 0.3) is 0 Å². The second-order valence-electron chi connectivity index (χ2n) is 6.28. The first kappa shape index (κ1) is 19.3. The van der Waals surface area contributed by atoms with Gasteiger partial charge >= 0.3 is 0 Å². The largest absolute Gasteiger partial charge is 0.357 e. The Hall–Kier alpha value is -2.03. The Balaban J connectivity index is 1.62. The van der Waals surface area contributed by atoms with E-state index in [2.05, 4.69) is 68.6 Å². The van der Waals surface area contributed by atoms with E-state index >= 15 is 0 Å². The monoisotopic (exact) mass is 341 g/mol. The molecule has 1 aliphatic heterocycles. The molecule has 1 heterocycles. The van der Waals surface area contributed by atoms with Crippen molar-refractivity contribution in [1.82, 2.24) is 20.4 Å². The molecule has 5 nitrogen and oxygen atoms in total. The molecule has 0 spiro atoms. The van der Waals surface area contributed by atoms with Gasteiger partial charge in [-0.25, -0.2) is 0 Å². The van der Waals surface area contributed by atoms with Crippen molar-refractivity contribution in [2.45, 2.75) is 19.9 Å². The predicted octanol–water partition coefficient (Wildman–Crippen LogP) is 1.38. The summed E-state index contributed by atoms with van der Waals surface area (Å²) in [4.78, 5) is 9.65. The topological polar surface area (TPSA) is 42.9 Å². The predicted molar refractivity (Wildman–Crippen MR) is 106 cm³/mol. The van der Waals surface area contributed by atoms with Gasteiger partial charge in [-0.3, -0.25) is 9.89 Å². The van der Waals surface area contributed by atoms with E-state index in [1.165, 1.54) is 5.56 Å². The highest BCUT2D eigenvalue weighted by Crippen LogP contribution is 2.08. The molecule has 1 aromatic carbocycles. The van der Waals surface area contributed by atoms with Crippen LogP contribution in [0.15, 0.2) is 35.3 Å². The molecule has 2 rings (SSSR count). The second-order valence-corrected chi connectivity index (χ2v) is 6.28. The first-order chi connectivity index (χ1) is 12.3. The summed E-state index contributed by atoms with van der Waals surface area (Å²) in [7, 11) is 0. The van der Waals surface area contributed by atoms with Gasteiger partial charge in [-0.15, -0.1) is 6.42 Å². The summed E-state index contributed by atoms with van der Waals surface area (Å²) in [6, 6.07) is 10.7. The highest BCUT2D eigenvalue weighted by Gasteiger charge is 2.16. The molecule has 25 heavy (non-hydrogen) atoms. The standard InChI is InChI=1S/C20H31N5/c1-3-11-22-20(21-4-2)23-12-8-13-24-14-16-25(17-15-24)18-19-9-6-5-7-10-19/h1,5-7,9-10H,4,8,11-18H2,2H3,(H2,21,22,23). The molecule has 0 amide bonds. The molecule has 5 heteroatoms. The molecule has 1 aliphatic rings. The lowest BCUT2D eigenvalue weighted by Gasteiger charge is -2.34. The number of rotatable bonds is 8. The van der Waals surface area contributed by atoms with Crippen molar-refractivity contribution in [3.63, 3.8) is 0 Å². The highest BCUT2D eigenvalue weighted by molar-refractivity contribution is 5.79. The first-order valence-electron chi connectivity index (χ1n) is 9.26. The van der Waals surface area contributed by atoms with Crippen LogP contribution >= 0.6 is 0 Å². The number of nitrogens with one attached hydrogen (secondary N) is 2. The maximum absolute atomic E-state index is 5.28.